The van der Waals surface area contributed by atoms with Crippen molar-refractivity contribution in [3.05, 3.63) is 23.3 Å². The summed E-state index contributed by atoms with van der Waals surface area (Å²) in [7, 11) is 0. The summed E-state index contributed by atoms with van der Waals surface area (Å²) in [6, 6.07) is 3.77. The minimum atomic E-state index is -0.812. The van der Waals surface area contributed by atoms with E-state index < -0.39 is 11.0 Å². The molecule has 1 saturated heterocycles. The molecule has 2 aliphatic heterocycles. The van der Waals surface area contributed by atoms with E-state index in [0.717, 1.165) is 44.3 Å². The molecule has 4 aliphatic rings. The predicted molar refractivity (Wildman–Crippen MR) is 90.3 cm³/mol. The summed E-state index contributed by atoms with van der Waals surface area (Å²) in [6.45, 7) is 4.17. The van der Waals surface area contributed by atoms with Crippen molar-refractivity contribution >= 4 is 0 Å². The van der Waals surface area contributed by atoms with Crippen molar-refractivity contribution in [1.82, 2.24) is 4.90 Å². The third-order valence-electron chi connectivity index (χ3n) is 7.13. The molecule has 5 nitrogen and oxygen atoms in total. The van der Waals surface area contributed by atoms with Crippen LogP contribution in [-0.4, -0.2) is 52.0 Å². The standard InChI is InChI=1S/C19H26N2O3/c1-2-8-21-9-7-18-15-11-3-4-13(22)16(15)24-17(18)12(20)5-6-19(18,23)14(21)10-11/h3-4,12,14,17,22-23H,2,5-10,20H2,1H3/t12-,14+,17+,18-,19-/m1/s1. The number of nitrogens with two attached hydrogens (primary N) is 1. The van der Waals surface area contributed by atoms with Crippen LogP contribution < -0.4 is 10.5 Å². The fourth-order valence-corrected chi connectivity index (χ4v) is 6.22. The molecule has 5 heteroatoms. The lowest BCUT2D eigenvalue weighted by molar-refractivity contribution is -0.188. The van der Waals surface area contributed by atoms with Gasteiger partial charge in [-0.05, 0) is 56.8 Å². The second-order valence-corrected chi connectivity index (χ2v) is 8.09. The number of hydrogen-bond acceptors (Lipinski definition) is 5. The second kappa shape index (κ2) is 4.65. The number of nitrogens with zero attached hydrogens (tertiary/aromatic N) is 1. The van der Waals surface area contributed by atoms with Crippen LogP contribution in [0.5, 0.6) is 11.5 Å². The zero-order chi connectivity index (χ0) is 16.7. The quantitative estimate of drug-likeness (QED) is 0.761. The maximum absolute atomic E-state index is 12.0. The highest BCUT2D eigenvalue weighted by atomic mass is 16.5. The van der Waals surface area contributed by atoms with Crippen LogP contribution in [0, 0.1) is 0 Å². The van der Waals surface area contributed by atoms with Crippen LogP contribution in [0.1, 0.15) is 43.7 Å². The van der Waals surface area contributed by atoms with Crippen LogP contribution in [0.25, 0.3) is 0 Å². The number of phenols is 1. The Labute approximate surface area is 142 Å². The fourth-order valence-electron chi connectivity index (χ4n) is 6.22. The van der Waals surface area contributed by atoms with Gasteiger partial charge in [-0.25, -0.2) is 0 Å². The van der Waals surface area contributed by atoms with Gasteiger partial charge >= 0.3 is 0 Å². The number of phenolic OH excluding ortho intramolecular Hbond substituents is 1. The summed E-state index contributed by atoms with van der Waals surface area (Å²) in [6.07, 6.45) is 4.02. The van der Waals surface area contributed by atoms with Crippen LogP contribution in [0.2, 0.25) is 0 Å². The van der Waals surface area contributed by atoms with E-state index in [0.29, 0.717) is 12.2 Å². The van der Waals surface area contributed by atoms with E-state index in [1.165, 1.54) is 5.56 Å². The molecule has 1 saturated carbocycles. The van der Waals surface area contributed by atoms with Crippen LogP contribution >= 0.6 is 0 Å². The molecular weight excluding hydrogens is 304 g/mol. The fraction of sp³-hybridized carbons (Fsp3) is 0.684. The van der Waals surface area contributed by atoms with Gasteiger partial charge in [-0.2, -0.15) is 0 Å². The van der Waals surface area contributed by atoms with E-state index in [1.54, 1.807) is 6.07 Å². The van der Waals surface area contributed by atoms with Crippen molar-refractivity contribution in [3.63, 3.8) is 0 Å². The van der Waals surface area contributed by atoms with E-state index in [4.69, 9.17) is 10.5 Å². The van der Waals surface area contributed by atoms with Crippen LogP contribution in [0.15, 0.2) is 12.1 Å². The summed E-state index contributed by atoms with van der Waals surface area (Å²) in [4.78, 5) is 2.47. The van der Waals surface area contributed by atoms with Crippen molar-refractivity contribution < 1.29 is 14.9 Å². The van der Waals surface area contributed by atoms with Crippen LogP contribution in [0.3, 0.4) is 0 Å². The number of aromatic hydroxyl groups is 1. The van der Waals surface area contributed by atoms with Gasteiger partial charge in [0.1, 0.15) is 6.10 Å². The van der Waals surface area contributed by atoms with Crippen molar-refractivity contribution in [2.24, 2.45) is 5.73 Å². The molecule has 5 atom stereocenters. The maximum atomic E-state index is 12.0. The number of rotatable bonds is 2. The average Bonchev–Trinajstić information content (AvgIpc) is 2.91. The summed E-state index contributed by atoms with van der Waals surface area (Å²) >= 11 is 0. The molecule has 2 bridgehead atoms. The molecule has 1 spiro atoms. The van der Waals surface area contributed by atoms with Gasteiger partial charge in [-0.1, -0.05) is 13.0 Å². The maximum Gasteiger partial charge on any atom is 0.165 e. The molecular formula is C19H26N2O3. The smallest absolute Gasteiger partial charge is 0.165 e. The Balaban J connectivity index is 1.77. The van der Waals surface area contributed by atoms with Gasteiger partial charge in [-0.3, -0.25) is 4.90 Å². The molecule has 0 unspecified atom stereocenters. The normalized spacial score (nSPS) is 42.5. The predicted octanol–water partition coefficient (Wildman–Crippen LogP) is 1.28. The molecule has 0 amide bonds. The van der Waals surface area contributed by atoms with Gasteiger partial charge < -0.3 is 20.7 Å². The Kier molecular flexibility index (Phi) is 2.91. The SMILES string of the molecule is CCCN1CC[C@@]23c4c5ccc(O)c4O[C@H]2[C@H](N)CC[C@@]3(O)[C@@H]1C5. The van der Waals surface area contributed by atoms with Gasteiger partial charge in [0.15, 0.2) is 11.5 Å². The van der Waals surface area contributed by atoms with Crippen molar-refractivity contribution in [1.29, 1.82) is 0 Å². The Bertz CT molecular complexity index is 708. The zero-order valence-corrected chi connectivity index (χ0v) is 14.2. The highest BCUT2D eigenvalue weighted by molar-refractivity contribution is 5.62. The van der Waals surface area contributed by atoms with Gasteiger partial charge in [-0.15, -0.1) is 0 Å². The Morgan fingerprint density at radius 1 is 1.38 bits per heavy atom. The molecule has 2 aliphatic carbocycles. The molecule has 1 aromatic carbocycles. The molecule has 4 N–H and O–H groups in total. The van der Waals surface area contributed by atoms with E-state index in [9.17, 15) is 10.2 Å². The van der Waals surface area contributed by atoms with E-state index in [2.05, 4.69) is 11.8 Å². The molecule has 0 aromatic heterocycles. The van der Waals surface area contributed by atoms with Crippen molar-refractivity contribution in [3.8, 4) is 11.5 Å². The van der Waals surface area contributed by atoms with Crippen molar-refractivity contribution in [2.45, 2.75) is 68.2 Å². The van der Waals surface area contributed by atoms with Crippen LogP contribution in [0.4, 0.5) is 0 Å². The largest absolute Gasteiger partial charge is 0.504 e. The zero-order valence-electron chi connectivity index (χ0n) is 14.2. The third-order valence-corrected chi connectivity index (χ3v) is 7.13. The second-order valence-electron chi connectivity index (χ2n) is 8.09. The molecule has 2 fully saturated rings. The van der Waals surface area contributed by atoms with Gasteiger partial charge in [0, 0.05) is 17.6 Å². The Hall–Kier alpha value is -1.30. The summed E-state index contributed by atoms with van der Waals surface area (Å²) in [5.41, 5.74) is 7.44. The first-order valence-electron chi connectivity index (χ1n) is 9.27. The number of hydrogen-bond donors (Lipinski definition) is 3. The lowest BCUT2D eigenvalue weighted by Gasteiger charge is -2.64. The summed E-state index contributed by atoms with van der Waals surface area (Å²) in [5.74, 6) is 0.761. The number of likely N-dealkylation sites (tertiary alicyclic amines) is 1. The van der Waals surface area contributed by atoms with Gasteiger partial charge in [0.25, 0.3) is 0 Å². The molecule has 130 valence electrons. The highest BCUT2D eigenvalue weighted by Gasteiger charge is 2.72. The third kappa shape index (κ3) is 1.48. The Morgan fingerprint density at radius 2 is 2.21 bits per heavy atom. The minimum absolute atomic E-state index is 0.0959. The van der Waals surface area contributed by atoms with E-state index >= 15 is 0 Å². The first-order valence-corrected chi connectivity index (χ1v) is 9.27. The Morgan fingerprint density at radius 3 is 3.00 bits per heavy atom. The van der Waals surface area contributed by atoms with Crippen LogP contribution in [-0.2, 0) is 11.8 Å². The van der Waals surface area contributed by atoms with Gasteiger partial charge in [0.2, 0.25) is 0 Å². The first kappa shape index (κ1) is 15.0. The topological polar surface area (TPSA) is 79.0 Å². The number of piperidine rings is 1. The summed E-state index contributed by atoms with van der Waals surface area (Å²) in [5, 5.41) is 22.3. The summed E-state index contributed by atoms with van der Waals surface area (Å²) < 4.78 is 6.23. The minimum Gasteiger partial charge on any atom is -0.504 e. The number of aliphatic hydroxyl groups is 1. The number of ether oxygens (including phenoxy) is 1. The molecule has 2 heterocycles. The van der Waals surface area contributed by atoms with E-state index in [-0.39, 0.29) is 23.9 Å². The first-order chi connectivity index (χ1) is 11.5. The van der Waals surface area contributed by atoms with Gasteiger partial charge in [0.05, 0.1) is 11.0 Å². The van der Waals surface area contributed by atoms with E-state index in [1.807, 2.05) is 6.07 Å². The lowest BCUT2D eigenvalue weighted by Crippen LogP contribution is -2.77. The molecule has 5 rings (SSSR count). The number of benzene rings is 1. The average molecular weight is 330 g/mol. The monoisotopic (exact) mass is 330 g/mol. The molecule has 24 heavy (non-hydrogen) atoms. The van der Waals surface area contributed by atoms with Crippen molar-refractivity contribution in [2.75, 3.05) is 13.1 Å². The lowest BCUT2D eigenvalue weighted by atomic mass is 9.48. The highest BCUT2D eigenvalue weighted by Crippen LogP contribution is 2.65. The molecule has 0 radical (unpaired) electrons. The molecule has 1 aromatic rings.